The minimum atomic E-state index is -0.222. The zero-order valence-corrected chi connectivity index (χ0v) is 9.77. The van der Waals surface area contributed by atoms with Crippen LogP contribution in [0.25, 0.3) is 0 Å². The molecule has 0 saturated heterocycles. The third-order valence-electron chi connectivity index (χ3n) is 2.22. The first-order valence-corrected chi connectivity index (χ1v) is 5.88. The van der Waals surface area contributed by atoms with Crippen molar-refractivity contribution >= 4 is 11.8 Å². The van der Waals surface area contributed by atoms with E-state index in [0.29, 0.717) is 5.75 Å². The van der Waals surface area contributed by atoms with Crippen LogP contribution in [0.5, 0.6) is 0 Å². The average molecular weight is 229 g/mol. The Morgan fingerprint density at radius 2 is 2.27 bits per heavy atom. The van der Waals surface area contributed by atoms with E-state index in [1.54, 1.807) is 23.9 Å². The van der Waals surface area contributed by atoms with Crippen molar-refractivity contribution in [2.75, 3.05) is 19.4 Å². The summed E-state index contributed by atoms with van der Waals surface area (Å²) >= 11 is 1.54. The predicted octanol–water partition coefficient (Wildman–Crippen LogP) is 2.19. The molecule has 15 heavy (non-hydrogen) atoms. The summed E-state index contributed by atoms with van der Waals surface area (Å²) in [7, 11) is 1.84. The van der Waals surface area contributed by atoms with Gasteiger partial charge in [0.25, 0.3) is 0 Å². The van der Waals surface area contributed by atoms with E-state index in [1.807, 2.05) is 14.0 Å². The minimum Gasteiger partial charge on any atom is -0.396 e. The smallest absolute Gasteiger partial charge is 0.123 e. The van der Waals surface area contributed by atoms with Gasteiger partial charge < -0.3 is 10.4 Å². The average Bonchev–Trinajstić information content (AvgIpc) is 2.26. The van der Waals surface area contributed by atoms with Crippen LogP contribution in [0.3, 0.4) is 0 Å². The molecule has 1 aromatic rings. The highest BCUT2D eigenvalue weighted by atomic mass is 32.2. The van der Waals surface area contributed by atoms with Gasteiger partial charge in [-0.2, -0.15) is 0 Å². The van der Waals surface area contributed by atoms with Crippen LogP contribution in [0.1, 0.15) is 18.5 Å². The highest BCUT2D eigenvalue weighted by Crippen LogP contribution is 2.27. The third kappa shape index (κ3) is 3.48. The number of aliphatic hydroxyl groups excluding tert-OH is 1. The molecule has 0 aliphatic carbocycles. The Bertz CT molecular complexity index is 319. The van der Waals surface area contributed by atoms with Gasteiger partial charge in [-0.3, -0.25) is 0 Å². The molecule has 0 saturated carbocycles. The van der Waals surface area contributed by atoms with Crippen LogP contribution in [0.4, 0.5) is 4.39 Å². The van der Waals surface area contributed by atoms with Crippen LogP contribution in [0, 0.1) is 5.82 Å². The van der Waals surface area contributed by atoms with E-state index in [1.165, 1.54) is 6.07 Å². The summed E-state index contributed by atoms with van der Waals surface area (Å²) in [6.07, 6.45) is 0. The van der Waals surface area contributed by atoms with Gasteiger partial charge in [0.2, 0.25) is 0 Å². The van der Waals surface area contributed by atoms with Crippen LogP contribution < -0.4 is 5.32 Å². The SMILES string of the molecule is CNC(C)c1cc(F)ccc1SCCO. The van der Waals surface area contributed by atoms with Gasteiger partial charge in [-0.1, -0.05) is 0 Å². The molecule has 0 amide bonds. The van der Waals surface area contributed by atoms with Crippen molar-refractivity contribution in [1.82, 2.24) is 5.32 Å². The normalized spacial score (nSPS) is 12.8. The maximum atomic E-state index is 13.1. The number of thioether (sulfide) groups is 1. The Morgan fingerprint density at radius 1 is 1.53 bits per heavy atom. The number of hydrogen-bond acceptors (Lipinski definition) is 3. The van der Waals surface area contributed by atoms with E-state index < -0.39 is 0 Å². The summed E-state index contributed by atoms with van der Waals surface area (Å²) in [5, 5.41) is 11.8. The van der Waals surface area contributed by atoms with Gasteiger partial charge in [-0.25, -0.2) is 4.39 Å². The monoisotopic (exact) mass is 229 g/mol. The zero-order valence-electron chi connectivity index (χ0n) is 8.96. The number of nitrogens with one attached hydrogen (secondary N) is 1. The molecule has 4 heteroatoms. The van der Waals surface area contributed by atoms with Crippen molar-refractivity contribution < 1.29 is 9.50 Å². The highest BCUT2D eigenvalue weighted by Gasteiger charge is 2.10. The fourth-order valence-electron chi connectivity index (χ4n) is 1.30. The van der Waals surface area contributed by atoms with Crippen molar-refractivity contribution in [3.63, 3.8) is 0 Å². The standard InChI is InChI=1S/C11H16FNOS/c1-8(13-2)10-7-9(12)3-4-11(10)15-6-5-14/h3-4,7-8,13-14H,5-6H2,1-2H3. The topological polar surface area (TPSA) is 32.3 Å². The molecule has 0 aliphatic rings. The van der Waals surface area contributed by atoms with Gasteiger partial charge in [0.15, 0.2) is 0 Å². The maximum Gasteiger partial charge on any atom is 0.123 e. The molecule has 2 nitrogen and oxygen atoms in total. The number of hydrogen-bond donors (Lipinski definition) is 2. The van der Waals surface area contributed by atoms with Gasteiger partial charge in [0.05, 0.1) is 6.61 Å². The van der Waals surface area contributed by atoms with E-state index in [4.69, 9.17) is 5.11 Å². The molecule has 0 bridgehead atoms. The van der Waals surface area contributed by atoms with E-state index in [-0.39, 0.29) is 18.5 Å². The Labute approximate surface area is 93.9 Å². The summed E-state index contributed by atoms with van der Waals surface area (Å²) in [6.45, 7) is 2.12. The molecule has 0 radical (unpaired) electrons. The molecule has 0 heterocycles. The first kappa shape index (κ1) is 12.5. The summed E-state index contributed by atoms with van der Waals surface area (Å²) in [5.41, 5.74) is 0.941. The molecule has 1 unspecified atom stereocenters. The van der Waals surface area contributed by atoms with Gasteiger partial charge in [-0.15, -0.1) is 11.8 Å². The van der Waals surface area contributed by atoms with Gasteiger partial charge >= 0.3 is 0 Å². The predicted molar refractivity (Wildman–Crippen MR) is 61.7 cm³/mol. The second kappa shape index (κ2) is 6.10. The fraction of sp³-hybridized carbons (Fsp3) is 0.455. The molecule has 1 rings (SSSR count). The Kier molecular flexibility index (Phi) is 5.08. The minimum absolute atomic E-state index is 0.113. The van der Waals surface area contributed by atoms with E-state index in [2.05, 4.69) is 5.32 Å². The first-order chi connectivity index (χ1) is 7.19. The number of benzene rings is 1. The molecule has 2 N–H and O–H groups in total. The van der Waals surface area contributed by atoms with Crippen LogP contribution in [0.2, 0.25) is 0 Å². The molecule has 1 atom stereocenters. The second-order valence-corrected chi connectivity index (χ2v) is 4.40. The Balaban J connectivity index is 2.92. The van der Waals surface area contributed by atoms with Crippen LogP contribution in [-0.2, 0) is 0 Å². The van der Waals surface area contributed by atoms with E-state index in [0.717, 1.165) is 10.5 Å². The molecule has 0 spiro atoms. The molecule has 0 fully saturated rings. The fourth-order valence-corrected chi connectivity index (χ4v) is 2.18. The Morgan fingerprint density at radius 3 is 2.87 bits per heavy atom. The van der Waals surface area contributed by atoms with Gasteiger partial charge in [0, 0.05) is 16.7 Å². The largest absolute Gasteiger partial charge is 0.396 e. The van der Waals surface area contributed by atoms with Crippen molar-refractivity contribution in [3.05, 3.63) is 29.6 Å². The Hall–Kier alpha value is -0.580. The quantitative estimate of drug-likeness (QED) is 0.759. The number of aliphatic hydroxyl groups is 1. The van der Waals surface area contributed by atoms with Gasteiger partial charge in [0.1, 0.15) is 5.82 Å². The van der Waals surface area contributed by atoms with Crippen molar-refractivity contribution in [3.8, 4) is 0 Å². The molecular weight excluding hydrogens is 213 g/mol. The number of halogens is 1. The molecule has 0 aromatic heterocycles. The van der Waals surface area contributed by atoms with E-state index >= 15 is 0 Å². The number of rotatable bonds is 5. The van der Waals surface area contributed by atoms with Crippen molar-refractivity contribution in [1.29, 1.82) is 0 Å². The summed E-state index contributed by atoms with van der Waals surface area (Å²) in [5.74, 6) is 0.412. The molecule has 0 aliphatic heterocycles. The van der Waals surface area contributed by atoms with Crippen LogP contribution in [0.15, 0.2) is 23.1 Å². The van der Waals surface area contributed by atoms with E-state index in [9.17, 15) is 4.39 Å². The zero-order chi connectivity index (χ0) is 11.3. The summed E-state index contributed by atoms with van der Waals surface area (Å²) in [6, 6.07) is 4.87. The second-order valence-electron chi connectivity index (χ2n) is 3.26. The first-order valence-electron chi connectivity index (χ1n) is 4.89. The lowest BCUT2D eigenvalue weighted by Gasteiger charge is -2.15. The van der Waals surface area contributed by atoms with Gasteiger partial charge in [-0.05, 0) is 37.7 Å². The summed E-state index contributed by atoms with van der Waals surface area (Å²) < 4.78 is 13.1. The summed E-state index contributed by atoms with van der Waals surface area (Å²) in [4.78, 5) is 1.02. The highest BCUT2D eigenvalue weighted by molar-refractivity contribution is 7.99. The van der Waals surface area contributed by atoms with Crippen LogP contribution >= 0.6 is 11.8 Å². The van der Waals surface area contributed by atoms with Crippen molar-refractivity contribution in [2.24, 2.45) is 0 Å². The lowest BCUT2D eigenvalue weighted by Crippen LogP contribution is -2.13. The third-order valence-corrected chi connectivity index (χ3v) is 3.29. The molecule has 84 valence electrons. The lowest BCUT2D eigenvalue weighted by molar-refractivity contribution is 0.322. The molecule has 1 aromatic carbocycles. The maximum absolute atomic E-state index is 13.1. The van der Waals surface area contributed by atoms with Crippen molar-refractivity contribution in [2.45, 2.75) is 17.9 Å². The van der Waals surface area contributed by atoms with Crippen LogP contribution in [-0.4, -0.2) is 24.5 Å². The molecular formula is C11H16FNOS. The lowest BCUT2D eigenvalue weighted by atomic mass is 10.1.